The summed E-state index contributed by atoms with van der Waals surface area (Å²) in [5.41, 5.74) is 5.91. The van der Waals surface area contributed by atoms with Crippen molar-refractivity contribution in [1.29, 1.82) is 0 Å². The largest absolute Gasteiger partial charge is 0.341 e. The molecular weight excluding hydrogens is 250 g/mol. The van der Waals surface area contributed by atoms with E-state index >= 15 is 0 Å². The fourth-order valence-electron chi connectivity index (χ4n) is 4.04. The Balaban J connectivity index is 2.00. The standard InChI is InChI=1S/C16H31N3O/c1-3-19(15-9-7-8-14(15)12-17)13(2)16(20)18-10-5-4-6-11-18/h13-15H,3-12,17H2,1-2H3. The lowest BCUT2D eigenvalue weighted by molar-refractivity contribution is -0.138. The molecule has 2 fully saturated rings. The quantitative estimate of drug-likeness (QED) is 0.836. The van der Waals surface area contributed by atoms with Crippen LogP contribution in [0.2, 0.25) is 0 Å². The van der Waals surface area contributed by atoms with Gasteiger partial charge in [-0.3, -0.25) is 9.69 Å². The van der Waals surface area contributed by atoms with Gasteiger partial charge in [-0.05, 0) is 58.0 Å². The zero-order chi connectivity index (χ0) is 14.5. The van der Waals surface area contributed by atoms with Crippen molar-refractivity contribution in [3.05, 3.63) is 0 Å². The number of likely N-dealkylation sites (N-methyl/N-ethyl adjacent to an activating group) is 1. The molecule has 3 atom stereocenters. The molecule has 0 aromatic rings. The molecule has 4 heteroatoms. The van der Waals surface area contributed by atoms with Crippen LogP contribution in [-0.2, 0) is 4.79 Å². The highest BCUT2D eigenvalue weighted by Gasteiger charge is 2.36. The minimum absolute atomic E-state index is 0.00949. The predicted octanol–water partition coefficient (Wildman–Crippen LogP) is 1.84. The molecule has 0 aromatic heterocycles. The van der Waals surface area contributed by atoms with E-state index in [2.05, 4.69) is 23.6 Å². The molecule has 1 aliphatic heterocycles. The number of nitrogens with two attached hydrogens (primary N) is 1. The number of hydrogen-bond donors (Lipinski definition) is 1. The number of carbonyl (C=O) groups excluding carboxylic acids is 1. The van der Waals surface area contributed by atoms with Crippen LogP contribution in [0.4, 0.5) is 0 Å². The van der Waals surface area contributed by atoms with Crippen LogP contribution in [0.5, 0.6) is 0 Å². The van der Waals surface area contributed by atoms with Gasteiger partial charge in [0, 0.05) is 19.1 Å². The monoisotopic (exact) mass is 281 g/mol. The Bertz CT molecular complexity index is 315. The molecule has 1 heterocycles. The minimum atomic E-state index is 0.00949. The summed E-state index contributed by atoms with van der Waals surface area (Å²) in [7, 11) is 0. The number of likely N-dealkylation sites (tertiary alicyclic amines) is 1. The number of rotatable bonds is 5. The SMILES string of the molecule is CCN(C(C)C(=O)N1CCCCC1)C1CCCC1CN. The number of piperidine rings is 1. The van der Waals surface area contributed by atoms with Gasteiger partial charge in [-0.25, -0.2) is 0 Å². The second-order valence-electron chi connectivity index (χ2n) is 6.39. The Hall–Kier alpha value is -0.610. The molecule has 2 aliphatic rings. The van der Waals surface area contributed by atoms with Crippen molar-refractivity contribution in [2.75, 3.05) is 26.2 Å². The highest BCUT2D eigenvalue weighted by molar-refractivity contribution is 5.81. The molecule has 1 saturated heterocycles. The third kappa shape index (κ3) is 3.34. The fourth-order valence-corrected chi connectivity index (χ4v) is 4.04. The molecule has 0 spiro atoms. The normalized spacial score (nSPS) is 28.9. The van der Waals surface area contributed by atoms with Crippen molar-refractivity contribution in [3.8, 4) is 0 Å². The van der Waals surface area contributed by atoms with Crippen LogP contribution in [0, 0.1) is 5.92 Å². The van der Waals surface area contributed by atoms with Gasteiger partial charge in [0.25, 0.3) is 0 Å². The van der Waals surface area contributed by atoms with Crippen molar-refractivity contribution in [2.24, 2.45) is 11.7 Å². The van der Waals surface area contributed by atoms with E-state index in [0.717, 1.165) is 26.2 Å². The Morgan fingerprint density at radius 2 is 1.95 bits per heavy atom. The molecule has 1 aliphatic carbocycles. The first-order valence-corrected chi connectivity index (χ1v) is 8.43. The van der Waals surface area contributed by atoms with Crippen LogP contribution in [0.3, 0.4) is 0 Å². The maximum Gasteiger partial charge on any atom is 0.239 e. The van der Waals surface area contributed by atoms with E-state index in [0.29, 0.717) is 17.9 Å². The molecule has 0 bridgehead atoms. The molecule has 0 aromatic carbocycles. The smallest absolute Gasteiger partial charge is 0.239 e. The van der Waals surface area contributed by atoms with Crippen LogP contribution in [0.15, 0.2) is 0 Å². The van der Waals surface area contributed by atoms with Gasteiger partial charge in [-0.15, -0.1) is 0 Å². The lowest BCUT2D eigenvalue weighted by atomic mass is 10.00. The molecule has 3 unspecified atom stereocenters. The molecule has 116 valence electrons. The van der Waals surface area contributed by atoms with Crippen LogP contribution in [-0.4, -0.2) is 54.0 Å². The van der Waals surface area contributed by atoms with Gasteiger partial charge >= 0.3 is 0 Å². The van der Waals surface area contributed by atoms with E-state index in [4.69, 9.17) is 5.73 Å². The van der Waals surface area contributed by atoms with E-state index in [1.54, 1.807) is 0 Å². The highest BCUT2D eigenvalue weighted by atomic mass is 16.2. The summed E-state index contributed by atoms with van der Waals surface area (Å²) in [4.78, 5) is 17.2. The van der Waals surface area contributed by atoms with Crippen molar-refractivity contribution >= 4 is 5.91 Å². The number of nitrogens with zero attached hydrogens (tertiary/aromatic N) is 2. The van der Waals surface area contributed by atoms with E-state index in [1.807, 2.05) is 0 Å². The summed E-state index contributed by atoms with van der Waals surface area (Å²) in [6.07, 6.45) is 7.29. The van der Waals surface area contributed by atoms with Crippen LogP contribution >= 0.6 is 0 Å². The Kier molecular flexibility index (Phi) is 5.85. The molecule has 2 rings (SSSR count). The van der Waals surface area contributed by atoms with Crippen molar-refractivity contribution in [3.63, 3.8) is 0 Å². The Labute approximate surface area is 123 Å². The number of carbonyl (C=O) groups is 1. The topological polar surface area (TPSA) is 49.6 Å². The lowest BCUT2D eigenvalue weighted by Crippen LogP contribution is -2.53. The van der Waals surface area contributed by atoms with Gasteiger partial charge in [0.05, 0.1) is 6.04 Å². The van der Waals surface area contributed by atoms with Crippen molar-refractivity contribution < 1.29 is 4.79 Å². The maximum absolute atomic E-state index is 12.7. The second kappa shape index (κ2) is 7.41. The second-order valence-corrected chi connectivity index (χ2v) is 6.39. The lowest BCUT2D eigenvalue weighted by Gasteiger charge is -2.39. The van der Waals surface area contributed by atoms with Gasteiger partial charge in [-0.1, -0.05) is 13.3 Å². The molecule has 0 radical (unpaired) electrons. The first-order valence-electron chi connectivity index (χ1n) is 8.43. The summed E-state index contributed by atoms with van der Waals surface area (Å²) < 4.78 is 0. The van der Waals surface area contributed by atoms with E-state index in [9.17, 15) is 4.79 Å². The molecule has 4 nitrogen and oxygen atoms in total. The van der Waals surface area contributed by atoms with Crippen LogP contribution in [0.1, 0.15) is 52.4 Å². The van der Waals surface area contributed by atoms with Gasteiger partial charge < -0.3 is 10.6 Å². The number of amides is 1. The average Bonchev–Trinajstić information content (AvgIpc) is 2.96. The molecule has 1 saturated carbocycles. The highest BCUT2D eigenvalue weighted by Crippen LogP contribution is 2.30. The summed E-state index contributed by atoms with van der Waals surface area (Å²) in [6.45, 7) is 7.86. The Morgan fingerprint density at radius 3 is 2.55 bits per heavy atom. The summed E-state index contributed by atoms with van der Waals surface area (Å²) in [5.74, 6) is 0.903. The zero-order valence-corrected chi connectivity index (χ0v) is 13.2. The molecule has 2 N–H and O–H groups in total. The van der Waals surface area contributed by atoms with E-state index in [-0.39, 0.29) is 6.04 Å². The number of hydrogen-bond acceptors (Lipinski definition) is 3. The van der Waals surface area contributed by atoms with E-state index < -0.39 is 0 Å². The molecule has 1 amide bonds. The van der Waals surface area contributed by atoms with Crippen molar-refractivity contribution in [2.45, 2.75) is 64.5 Å². The molecule has 20 heavy (non-hydrogen) atoms. The van der Waals surface area contributed by atoms with Crippen molar-refractivity contribution in [1.82, 2.24) is 9.80 Å². The van der Waals surface area contributed by atoms with Crippen LogP contribution in [0.25, 0.3) is 0 Å². The van der Waals surface area contributed by atoms with Gasteiger partial charge in [0.15, 0.2) is 0 Å². The first-order chi connectivity index (χ1) is 9.69. The van der Waals surface area contributed by atoms with Gasteiger partial charge in [-0.2, -0.15) is 0 Å². The fraction of sp³-hybridized carbons (Fsp3) is 0.938. The third-order valence-electron chi connectivity index (χ3n) is 5.24. The van der Waals surface area contributed by atoms with E-state index in [1.165, 1.54) is 38.5 Å². The third-order valence-corrected chi connectivity index (χ3v) is 5.24. The van der Waals surface area contributed by atoms with Gasteiger partial charge in [0.2, 0.25) is 5.91 Å². The summed E-state index contributed by atoms with van der Waals surface area (Å²) in [6, 6.07) is 0.518. The summed E-state index contributed by atoms with van der Waals surface area (Å²) >= 11 is 0. The first kappa shape index (κ1) is 15.8. The summed E-state index contributed by atoms with van der Waals surface area (Å²) in [5, 5.41) is 0. The predicted molar refractivity (Wildman–Crippen MR) is 82.5 cm³/mol. The maximum atomic E-state index is 12.7. The van der Waals surface area contributed by atoms with Gasteiger partial charge in [0.1, 0.15) is 0 Å². The Morgan fingerprint density at radius 1 is 1.25 bits per heavy atom. The molecular formula is C16H31N3O. The average molecular weight is 281 g/mol. The zero-order valence-electron chi connectivity index (χ0n) is 13.2. The van der Waals surface area contributed by atoms with Crippen LogP contribution < -0.4 is 5.73 Å². The minimum Gasteiger partial charge on any atom is -0.341 e.